The molecule has 1 N–H and O–H groups in total. The third-order valence-electron chi connectivity index (χ3n) is 6.05. The standard InChI is InChI=1S/C24H26N4OS/c1-27-23-19-9-5-6-10-21(19)30-16-20(23)22(26-27)24(29)25-18-11-13-28(14-12-18)15-17-7-3-2-4-8-17/h2-10,18H,11-16H2,1H3,(H,25,29). The molecule has 5 rings (SSSR count). The molecular formula is C24H26N4OS. The second-order valence-corrected chi connectivity index (χ2v) is 9.11. The van der Waals surface area contributed by atoms with Crippen molar-refractivity contribution in [2.45, 2.75) is 36.1 Å². The van der Waals surface area contributed by atoms with Crippen LogP contribution in [0.1, 0.15) is 34.5 Å². The Morgan fingerprint density at radius 2 is 1.83 bits per heavy atom. The molecule has 1 saturated heterocycles. The predicted molar refractivity (Wildman–Crippen MR) is 120 cm³/mol. The van der Waals surface area contributed by atoms with Crippen molar-refractivity contribution in [3.8, 4) is 11.3 Å². The fourth-order valence-electron chi connectivity index (χ4n) is 4.49. The summed E-state index contributed by atoms with van der Waals surface area (Å²) in [4.78, 5) is 16.8. The number of nitrogens with one attached hydrogen (secondary N) is 1. The maximum Gasteiger partial charge on any atom is 0.272 e. The zero-order valence-electron chi connectivity index (χ0n) is 17.2. The Labute approximate surface area is 181 Å². The van der Waals surface area contributed by atoms with Crippen LogP contribution in [0, 0.1) is 0 Å². The van der Waals surface area contributed by atoms with Gasteiger partial charge in [-0.25, -0.2) is 0 Å². The van der Waals surface area contributed by atoms with Gasteiger partial charge in [0.15, 0.2) is 5.69 Å². The van der Waals surface area contributed by atoms with Gasteiger partial charge in [-0.05, 0) is 24.5 Å². The van der Waals surface area contributed by atoms with E-state index < -0.39 is 0 Å². The number of benzene rings is 2. The Morgan fingerprint density at radius 3 is 2.63 bits per heavy atom. The van der Waals surface area contributed by atoms with Crippen LogP contribution in [-0.2, 0) is 19.3 Å². The highest BCUT2D eigenvalue weighted by Crippen LogP contribution is 2.42. The predicted octanol–water partition coefficient (Wildman–Crippen LogP) is 4.09. The lowest BCUT2D eigenvalue weighted by atomic mass is 10.0. The van der Waals surface area contributed by atoms with Crippen LogP contribution in [0.4, 0.5) is 0 Å². The van der Waals surface area contributed by atoms with E-state index in [9.17, 15) is 4.79 Å². The highest BCUT2D eigenvalue weighted by Gasteiger charge is 2.29. The van der Waals surface area contributed by atoms with E-state index >= 15 is 0 Å². The van der Waals surface area contributed by atoms with Gasteiger partial charge in [0.25, 0.3) is 5.91 Å². The zero-order valence-corrected chi connectivity index (χ0v) is 18.0. The number of aromatic nitrogens is 2. The first-order valence-electron chi connectivity index (χ1n) is 10.5. The number of carbonyl (C=O) groups excluding carboxylic acids is 1. The normalized spacial score (nSPS) is 16.7. The Bertz CT molecular complexity index is 1050. The van der Waals surface area contributed by atoms with Gasteiger partial charge in [-0.15, -0.1) is 11.8 Å². The molecule has 3 heterocycles. The average molecular weight is 419 g/mol. The van der Waals surface area contributed by atoms with Gasteiger partial charge in [0, 0.05) is 54.5 Å². The van der Waals surface area contributed by atoms with E-state index in [0.717, 1.165) is 49.5 Å². The molecule has 0 atom stereocenters. The summed E-state index contributed by atoms with van der Waals surface area (Å²) in [6.45, 7) is 2.98. The summed E-state index contributed by atoms with van der Waals surface area (Å²) in [5.74, 6) is 0.756. The van der Waals surface area contributed by atoms with Crippen LogP contribution in [0.15, 0.2) is 59.5 Å². The summed E-state index contributed by atoms with van der Waals surface area (Å²) in [7, 11) is 1.93. The molecule has 0 saturated carbocycles. The molecule has 1 amide bonds. The lowest BCUT2D eigenvalue weighted by molar-refractivity contribution is 0.0902. The van der Waals surface area contributed by atoms with E-state index in [1.54, 1.807) is 11.8 Å². The number of likely N-dealkylation sites (tertiary alicyclic amines) is 1. The van der Waals surface area contributed by atoms with Crippen molar-refractivity contribution in [2.24, 2.45) is 7.05 Å². The number of carbonyl (C=O) groups is 1. The molecule has 154 valence electrons. The first kappa shape index (κ1) is 19.4. The van der Waals surface area contributed by atoms with Crippen LogP contribution < -0.4 is 5.32 Å². The summed E-state index contributed by atoms with van der Waals surface area (Å²) in [5.41, 5.74) is 5.23. The Kier molecular flexibility index (Phi) is 5.35. The molecule has 1 fully saturated rings. The molecule has 2 aromatic carbocycles. The quantitative estimate of drug-likeness (QED) is 0.693. The number of fused-ring (bicyclic) bond motifs is 3. The van der Waals surface area contributed by atoms with E-state index in [0.29, 0.717) is 5.69 Å². The van der Waals surface area contributed by atoms with Crippen molar-refractivity contribution in [1.82, 2.24) is 20.0 Å². The average Bonchev–Trinajstić information content (AvgIpc) is 3.13. The van der Waals surface area contributed by atoms with Crippen LogP contribution in [0.25, 0.3) is 11.3 Å². The van der Waals surface area contributed by atoms with Gasteiger partial charge in [0.1, 0.15) is 0 Å². The van der Waals surface area contributed by atoms with Gasteiger partial charge in [-0.1, -0.05) is 48.5 Å². The Hall–Kier alpha value is -2.57. The van der Waals surface area contributed by atoms with Gasteiger partial charge in [0.2, 0.25) is 0 Å². The van der Waals surface area contributed by atoms with Gasteiger partial charge in [-0.2, -0.15) is 5.10 Å². The molecule has 0 aliphatic carbocycles. The molecule has 1 aromatic heterocycles. The lowest BCUT2D eigenvalue weighted by Gasteiger charge is -2.32. The van der Waals surface area contributed by atoms with E-state index in [4.69, 9.17) is 0 Å². The van der Waals surface area contributed by atoms with Crippen molar-refractivity contribution < 1.29 is 4.79 Å². The monoisotopic (exact) mass is 418 g/mol. The number of nitrogens with zero attached hydrogens (tertiary/aromatic N) is 3. The molecule has 2 aliphatic heterocycles. The molecule has 2 aliphatic rings. The fraction of sp³-hybridized carbons (Fsp3) is 0.333. The summed E-state index contributed by atoms with van der Waals surface area (Å²) in [6.07, 6.45) is 1.95. The number of piperidine rings is 1. The first-order chi connectivity index (χ1) is 14.7. The molecule has 0 radical (unpaired) electrons. The number of rotatable bonds is 4. The molecule has 30 heavy (non-hydrogen) atoms. The van der Waals surface area contributed by atoms with E-state index in [-0.39, 0.29) is 11.9 Å². The Balaban J connectivity index is 1.24. The molecule has 3 aromatic rings. The minimum atomic E-state index is -0.0339. The van der Waals surface area contributed by atoms with Crippen LogP contribution in [-0.4, -0.2) is 39.7 Å². The molecule has 0 bridgehead atoms. The number of hydrogen-bond donors (Lipinski definition) is 1. The molecule has 0 unspecified atom stereocenters. The maximum atomic E-state index is 13.1. The van der Waals surface area contributed by atoms with Crippen molar-refractivity contribution >= 4 is 17.7 Å². The van der Waals surface area contributed by atoms with Gasteiger partial charge in [0.05, 0.1) is 5.69 Å². The molecular weight excluding hydrogens is 392 g/mol. The van der Waals surface area contributed by atoms with Gasteiger partial charge < -0.3 is 5.32 Å². The number of thioether (sulfide) groups is 1. The van der Waals surface area contributed by atoms with Crippen molar-refractivity contribution in [3.63, 3.8) is 0 Å². The molecule has 6 heteroatoms. The minimum Gasteiger partial charge on any atom is -0.348 e. The topological polar surface area (TPSA) is 50.2 Å². The van der Waals surface area contributed by atoms with Crippen LogP contribution in [0.3, 0.4) is 0 Å². The number of amides is 1. The molecule has 0 spiro atoms. The number of hydrogen-bond acceptors (Lipinski definition) is 4. The second kappa shape index (κ2) is 8.28. The third kappa shape index (κ3) is 3.77. The first-order valence-corrected chi connectivity index (χ1v) is 11.5. The van der Waals surface area contributed by atoms with E-state index in [1.807, 2.05) is 17.8 Å². The van der Waals surface area contributed by atoms with Crippen molar-refractivity contribution in [2.75, 3.05) is 13.1 Å². The SMILES string of the molecule is Cn1nc(C(=O)NC2CCN(Cc3ccccc3)CC2)c2c1-c1ccccc1SC2. The van der Waals surface area contributed by atoms with Gasteiger partial charge >= 0.3 is 0 Å². The highest BCUT2D eigenvalue weighted by atomic mass is 32.2. The summed E-state index contributed by atoms with van der Waals surface area (Å²) in [5, 5.41) is 7.86. The Morgan fingerprint density at radius 1 is 1.10 bits per heavy atom. The summed E-state index contributed by atoms with van der Waals surface area (Å²) < 4.78 is 1.87. The maximum absolute atomic E-state index is 13.1. The lowest BCUT2D eigenvalue weighted by Crippen LogP contribution is -2.44. The second-order valence-electron chi connectivity index (χ2n) is 8.09. The minimum absolute atomic E-state index is 0.0339. The van der Waals surface area contributed by atoms with E-state index in [2.05, 4.69) is 63.8 Å². The fourth-order valence-corrected chi connectivity index (χ4v) is 5.56. The number of aryl methyl sites for hydroxylation is 1. The largest absolute Gasteiger partial charge is 0.348 e. The summed E-state index contributed by atoms with van der Waals surface area (Å²) >= 11 is 1.78. The third-order valence-corrected chi connectivity index (χ3v) is 7.15. The van der Waals surface area contributed by atoms with Crippen LogP contribution >= 0.6 is 11.8 Å². The van der Waals surface area contributed by atoms with Crippen molar-refractivity contribution in [3.05, 3.63) is 71.4 Å². The van der Waals surface area contributed by atoms with Crippen LogP contribution in [0.2, 0.25) is 0 Å². The highest BCUT2D eigenvalue weighted by molar-refractivity contribution is 7.98. The van der Waals surface area contributed by atoms with Crippen molar-refractivity contribution in [1.29, 1.82) is 0 Å². The van der Waals surface area contributed by atoms with Gasteiger partial charge in [-0.3, -0.25) is 14.4 Å². The smallest absolute Gasteiger partial charge is 0.272 e. The van der Waals surface area contributed by atoms with E-state index in [1.165, 1.54) is 16.0 Å². The zero-order chi connectivity index (χ0) is 20.5. The summed E-state index contributed by atoms with van der Waals surface area (Å²) in [6, 6.07) is 19.2. The molecule has 5 nitrogen and oxygen atoms in total. The van der Waals surface area contributed by atoms with Crippen LogP contribution in [0.5, 0.6) is 0 Å².